The second kappa shape index (κ2) is 5.65. The largest absolute Gasteiger partial charge is 0.273 e. The van der Waals surface area contributed by atoms with Crippen LogP contribution in [0.5, 0.6) is 0 Å². The summed E-state index contributed by atoms with van der Waals surface area (Å²) in [6.07, 6.45) is 0.331. The third-order valence-corrected chi connectivity index (χ3v) is 2.92. The maximum Gasteiger partial charge on any atom is 0.269 e. The molecule has 5 heteroatoms. The Kier molecular flexibility index (Phi) is 4.49. The van der Waals surface area contributed by atoms with Gasteiger partial charge in [0, 0.05) is 16.5 Å². The first kappa shape index (κ1) is 12.7. The molecule has 1 aromatic rings. The Labute approximate surface area is 103 Å². The highest BCUT2D eigenvalue weighted by Crippen LogP contribution is 2.17. The molecule has 0 bridgehead atoms. The summed E-state index contributed by atoms with van der Waals surface area (Å²) in [5.74, 6) is -0.554. The van der Waals surface area contributed by atoms with Gasteiger partial charge in [0.15, 0.2) is 0 Å². The van der Waals surface area contributed by atoms with Crippen molar-refractivity contribution in [2.75, 3.05) is 0 Å². The van der Waals surface area contributed by atoms with Crippen LogP contribution in [0, 0.1) is 6.92 Å². The van der Waals surface area contributed by atoms with E-state index in [-0.39, 0.29) is 11.8 Å². The molecular weight excluding hydrogens is 272 g/mol. The van der Waals surface area contributed by atoms with Gasteiger partial charge in [-0.1, -0.05) is 28.9 Å². The molecule has 0 heterocycles. The van der Waals surface area contributed by atoms with Crippen LogP contribution >= 0.6 is 15.9 Å². The first-order valence-corrected chi connectivity index (χ1v) is 5.69. The molecule has 0 aromatic heterocycles. The number of rotatable bonds is 2. The van der Waals surface area contributed by atoms with Crippen molar-refractivity contribution < 1.29 is 9.59 Å². The minimum absolute atomic E-state index is 0.223. The van der Waals surface area contributed by atoms with Crippen molar-refractivity contribution in [3.63, 3.8) is 0 Å². The molecule has 2 N–H and O–H groups in total. The maximum absolute atomic E-state index is 11.6. The predicted octanol–water partition coefficient (Wildman–Crippen LogP) is 1.93. The van der Waals surface area contributed by atoms with E-state index < -0.39 is 0 Å². The van der Waals surface area contributed by atoms with Crippen LogP contribution in [0.4, 0.5) is 0 Å². The fourth-order valence-electron chi connectivity index (χ4n) is 1.02. The lowest BCUT2D eigenvalue weighted by atomic mass is 10.1. The van der Waals surface area contributed by atoms with Gasteiger partial charge in [-0.05, 0) is 24.6 Å². The number of benzene rings is 1. The second-order valence-corrected chi connectivity index (χ2v) is 4.17. The van der Waals surface area contributed by atoms with Gasteiger partial charge in [0.1, 0.15) is 0 Å². The van der Waals surface area contributed by atoms with Crippen LogP contribution in [-0.4, -0.2) is 11.8 Å². The Balaban J connectivity index is 2.66. The van der Waals surface area contributed by atoms with E-state index in [1.807, 2.05) is 13.0 Å². The molecular formula is C11H13BrN2O2. The standard InChI is InChI=1S/C11H13BrN2O2/c1-3-10(15)13-14-11(16)8-5-4-7(2)9(12)6-8/h4-6H,3H2,1-2H3,(H,13,15)(H,14,16). The van der Waals surface area contributed by atoms with E-state index in [1.165, 1.54) is 0 Å². The Bertz CT molecular complexity index is 418. The average molecular weight is 285 g/mol. The minimum Gasteiger partial charge on any atom is -0.273 e. The average Bonchev–Trinajstić information content (AvgIpc) is 2.29. The molecule has 0 saturated carbocycles. The zero-order valence-electron chi connectivity index (χ0n) is 9.13. The molecule has 16 heavy (non-hydrogen) atoms. The van der Waals surface area contributed by atoms with Crippen molar-refractivity contribution in [1.29, 1.82) is 0 Å². The third kappa shape index (κ3) is 3.34. The zero-order valence-corrected chi connectivity index (χ0v) is 10.7. The lowest BCUT2D eigenvalue weighted by molar-refractivity contribution is -0.121. The van der Waals surface area contributed by atoms with Crippen molar-refractivity contribution in [3.05, 3.63) is 33.8 Å². The fraction of sp³-hybridized carbons (Fsp3) is 0.273. The normalized spacial score (nSPS) is 9.69. The summed E-state index contributed by atoms with van der Waals surface area (Å²) >= 11 is 3.34. The van der Waals surface area contributed by atoms with Crippen LogP contribution in [0.15, 0.2) is 22.7 Å². The number of amides is 2. The van der Waals surface area contributed by atoms with E-state index in [0.717, 1.165) is 10.0 Å². The molecule has 0 aliphatic carbocycles. The van der Waals surface area contributed by atoms with Gasteiger partial charge in [0.2, 0.25) is 5.91 Å². The minimum atomic E-state index is -0.331. The molecule has 2 amide bonds. The molecule has 0 atom stereocenters. The number of hydrogen-bond acceptors (Lipinski definition) is 2. The number of nitrogens with one attached hydrogen (secondary N) is 2. The summed E-state index contributed by atoms with van der Waals surface area (Å²) in [6, 6.07) is 5.25. The van der Waals surface area contributed by atoms with Gasteiger partial charge < -0.3 is 0 Å². The van der Waals surface area contributed by atoms with Crippen LogP contribution in [0.25, 0.3) is 0 Å². The van der Waals surface area contributed by atoms with E-state index in [2.05, 4.69) is 26.8 Å². The molecule has 4 nitrogen and oxygen atoms in total. The summed E-state index contributed by atoms with van der Waals surface area (Å²) < 4.78 is 0.863. The van der Waals surface area contributed by atoms with E-state index in [0.29, 0.717) is 12.0 Å². The van der Waals surface area contributed by atoms with Crippen molar-refractivity contribution in [2.24, 2.45) is 0 Å². The molecule has 0 aliphatic rings. The summed E-state index contributed by atoms with van der Waals surface area (Å²) in [6.45, 7) is 3.65. The van der Waals surface area contributed by atoms with Crippen LogP contribution in [0.1, 0.15) is 29.3 Å². The van der Waals surface area contributed by atoms with Crippen molar-refractivity contribution in [2.45, 2.75) is 20.3 Å². The molecule has 1 aromatic carbocycles. The maximum atomic E-state index is 11.6. The van der Waals surface area contributed by atoms with E-state index in [1.54, 1.807) is 19.1 Å². The Morgan fingerprint density at radius 3 is 2.56 bits per heavy atom. The number of carbonyl (C=O) groups is 2. The first-order chi connectivity index (χ1) is 7.54. The lowest BCUT2D eigenvalue weighted by Crippen LogP contribution is -2.41. The van der Waals surface area contributed by atoms with Crippen molar-refractivity contribution in [3.8, 4) is 0 Å². The number of carbonyl (C=O) groups excluding carboxylic acids is 2. The molecule has 0 saturated heterocycles. The Morgan fingerprint density at radius 2 is 2.00 bits per heavy atom. The van der Waals surface area contributed by atoms with Crippen LogP contribution in [0.3, 0.4) is 0 Å². The van der Waals surface area contributed by atoms with Crippen LogP contribution in [-0.2, 0) is 4.79 Å². The van der Waals surface area contributed by atoms with Gasteiger partial charge in [0.05, 0.1) is 0 Å². The topological polar surface area (TPSA) is 58.2 Å². The Hall–Kier alpha value is -1.36. The molecule has 0 fully saturated rings. The number of halogens is 1. The molecule has 1 rings (SSSR count). The summed E-state index contributed by atoms with van der Waals surface area (Å²) in [5.41, 5.74) is 6.19. The van der Waals surface area contributed by atoms with Gasteiger partial charge in [-0.25, -0.2) is 0 Å². The zero-order chi connectivity index (χ0) is 12.1. The van der Waals surface area contributed by atoms with Gasteiger partial charge >= 0.3 is 0 Å². The molecule has 86 valence electrons. The van der Waals surface area contributed by atoms with Crippen molar-refractivity contribution >= 4 is 27.7 Å². The van der Waals surface area contributed by atoms with Crippen LogP contribution in [0.2, 0.25) is 0 Å². The highest BCUT2D eigenvalue weighted by atomic mass is 79.9. The Morgan fingerprint density at radius 1 is 1.31 bits per heavy atom. The van der Waals surface area contributed by atoms with E-state index in [9.17, 15) is 9.59 Å². The van der Waals surface area contributed by atoms with Gasteiger partial charge in [-0.2, -0.15) is 0 Å². The number of hydrogen-bond donors (Lipinski definition) is 2. The van der Waals surface area contributed by atoms with Gasteiger partial charge in [-0.15, -0.1) is 0 Å². The number of aryl methyl sites for hydroxylation is 1. The summed E-state index contributed by atoms with van der Waals surface area (Å²) in [5, 5.41) is 0. The molecule has 0 spiro atoms. The lowest BCUT2D eigenvalue weighted by Gasteiger charge is -2.07. The quantitative estimate of drug-likeness (QED) is 0.816. The monoisotopic (exact) mass is 284 g/mol. The molecule has 0 unspecified atom stereocenters. The predicted molar refractivity (Wildman–Crippen MR) is 64.8 cm³/mol. The summed E-state index contributed by atoms with van der Waals surface area (Å²) in [4.78, 5) is 22.5. The highest BCUT2D eigenvalue weighted by molar-refractivity contribution is 9.10. The van der Waals surface area contributed by atoms with Gasteiger partial charge in [0.25, 0.3) is 5.91 Å². The van der Waals surface area contributed by atoms with Crippen molar-refractivity contribution in [1.82, 2.24) is 10.9 Å². The van der Waals surface area contributed by atoms with E-state index in [4.69, 9.17) is 0 Å². The molecule has 0 aliphatic heterocycles. The SMILES string of the molecule is CCC(=O)NNC(=O)c1ccc(C)c(Br)c1. The molecule has 0 radical (unpaired) electrons. The number of hydrazine groups is 1. The van der Waals surface area contributed by atoms with Gasteiger partial charge in [-0.3, -0.25) is 20.4 Å². The van der Waals surface area contributed by atoms with Crippen LogP contribution < -0.4 is 10.9 Å². The second-order valence-electron chi connectivity index (χ2n) is 3.32. The first-order valence-electron chi connectivity index (χ1n) is 4.90. The summed E-state index contributed by atoms with van der Waals surface area (Å²) in [7, 11) is 0. The smallest absolute Gasteiger partial charge is 0.269 e. The highest BCUT2D eigenvalue weighted by Gasteiger charge is 2.07. The van der Waals surface area contributed by atoms with E-state index >= 15 is 0 Å². The fourth-order valence-corrected chi connectivity index (χ4v) is 1.40. The third-order valence-electron chi connectivity index (χ3n) is 2.07.